The van der Waals surface area contributed by atoms with Crippen molar-refractivity contribution in [2.24, 2.45) is 5.92 Å². The lowest BCUT2D eigenvalue weighted by atomic mass is 9.94. The number of hydrogen-bond donors (Lipinski definition) is 2. The Balaban J connectivity index is 1.98. The summed E-state index contributed by atoms with van der Waals surface area (Å²) in [6.07, 6.45) is -0.464. The highest BCUT2D eigenvalue weighted by atomic mass is 19.2. The Morgan fingerprint density at radius 2 is 1.50 bits per heavy atom. The van der Waals surface area contributed by atoms with E-state index in [0.29, 0.717) is 16.9 Å². The van der Waals surface area contributed by atoms with Crippen molar-refractivity contribution in [2.75, 3.05) is 0 Å². The molecule has 0 fully saturated rings. The molecule has 0 saturated carbocycles. The van der Waals surface area contributed by atoms with Gasteiger partial charge in [-0.25, -0.2) is 22.0 Å². The van der Waals surface area contributed by atoms with Crippen LogP contribution in [0.5, 0.6) is 5.75 Å². The van der Waals surface area contributed by atoms with Crippen molar-refractivity contribution in [3.8, 4) is 5.75 Å². The first kappa shape index (κ1) is 28.6. The molecule has 3 aromatic rings. The first-order chi connectivity index (χ1) is 18.0. The van der Waals surface area contributed by atoms with Crippen molar-refractivity contribution in [3.63, 3.8) is 0 Å². The van der Waals surface area contributed by atoms with Gasteiger partial charge in [0.1, 0.15) is 12.4 Å². The molecular weight excluding hydrogens is 509 g/mol. The van der Waals surface area contributed by atoms with Crippen molar-refractivity contribution in [1.29, 1.82) is 0 Å². The zero-order valence-electron chi connectivity index (χ0n) is 20.7. The van der Waals surface area contributed by atoms with Crippen LogP contribution in [0.2, 0.25) is 0 Å². The molecule has 0 aliphatic carbocycles. The number of nitrogens with one attached hydrogen (secondary N) is 1. The van der Waals surface area contributed by atoms with E-state index in [9.17, 15) is 31.5 Å². The minimum atomic E-state index is -2.29. The summed E-state index contributed by atoms with van der Waals surface area (Å²) in [5.74, 6) is -12.3. The molecule has 0 heterocycles. The Morgan fingerprint density at radius 1 is 0.895 bits per heavy atom. The Hall–Kier alpha value is -3.95. The molecule has 0 radical (unpaired) electrons. The van der Waals surface area contributed by atoms with Crippen LogP contribution in [0.4, 0.5) is 22.0 Å². The zero-order chi connectivity index (χ0) is 28.0. The first-order valence-corrected chi connectivity index (χ1v) is 11.8. The summed E-state index contributed by atoms with van der Waals surface area (Å²) in [5, 5.41) is 11.5. The highest BCUT2D eigenvalue weighted by Crippen LogP contribution is 2.32. The maximum absolute atomic E-state index is 14.6. The molecule has 1 unspecified atom stereocenters. The molecule has 0 aromatic heterocycles. The van der Waals surface area contributed by atoms with Gasteiger partial charge in [0.15, 0.2) is 23.3 Å². The summed E-state index contributed by atoms with van der Waals surface area (Å²) < 4.78 is 76.4. The monoisotopic (exact) mass is 535 g/mol. The minimum Gasteiger partial charge on any atom is -0.489 e. The van der Waals surface area contributed by atoms with Crippen LogP contribution in [0.25, 0.3) is 0 Å². The third kappa shape index (κ3) is 6.87. The van der Waals surface area contributed by atoms with Gasteiger partial charge in [0, 0.05) is 12.0 Å². The molecule has 3 rings (SSSR count). The number of aliphatic carboxylic acids is 1. The quantitative estimate of drug-likeness (QED) is 0.167. The number of carbonyl (C=O) groups is 2. The molecule has 0 aliphatic heterocycles. The summed E-state index contributed by atoms with van der Waals surface area (Å²) in [6.45, 7) is 3.37. The van der Waals surface area contributed by atoms with Crippen LogP contribution >= 0.6 is 0 Å². The fourth-order valence-electron chi connectivity index (χ4n) is 3.95. The number of halogens is 5. The molecule has 0 spiro atoms. The van der Waals surface area contributed by atoms with Crippen LogP contribution in [-0.2, 0) is 17.8 Å². The Morgan fingerprint density at radius 3 is 2.08 bits per heavy atom. The molecule has 0 saturated heterocycles. The third-order valence-corrected chi connectivity index (χ3v) is 5.78. The molecular formula is C28H26F5NO4. The predicted molar refractivity (Wildman–Crippen MR) is 129 cm³/mol. The van der Waals surface area contributed by atoms with Crippen LogP contribution in [0.1, 0.15) is 59.8 Å². The van der Waals surface area contributed by atoms with Gasteiger partial charge < -0.3 is 15.2 Å². The van der Waals surface area contributed by atoms with Gasteiger partial charge in [0.25, 0.3) is 5.91 Å². The average molecular weight is 536 g/mol. The zero-order valence-corrected chi connectivity index (χ0v) is 20.7. The van der Waals surface area contributed by atoms with Crippen LogP contribution in [0.15, 0.2) is 48.5 Å². The molecule has 2 N–H and O–H groups in total. The smallest absolute Gasteiger partial charge is 0.303 e. The van der Waals surface area contributed by atoms with Gasteiger partial charge in [-0.15, -0.1) is 0 Å². The summed E-state index contributed by atoms with van der Waals surface area (Å²) in [5.41, 5.74) is -0.277. The third-order valence-electron chi connectivity index (χ3n) is 5.78. The van der Waals surface area contributed by atoms with E-state index >= 15 is 0 Å². The number of para-hydroxylation sites is 1. The van der Waals surface area contributed by atoms with Crippen molar-refractivity contribution in [1.82, 2.24) is 5.32 Å². The van der Waals surface area contributed by atoms with Crippen LogP contribution in [0, 0.1) is 35.0 Å². The lowest BCUT2D eigenvalue weighted by Crippen LogP contribution is -2.32. The molecule has 10 heteroatoms. The predicted octanol–water partition coefficient (Wildman–Crippen LogP) is 6.50. The Bertz CT molecular complexity index is 1290. The first-order valence-electron chi connectivity index (χ1n) is 11.8. The normalized spacial score (nSPS) is 11.9. The molecule has 38 heavy (non-hydrogen) atoms. The average Bonchev–Trinajstić information content (AvgIpc) is 2.88. The number of amides is 1. The molecule has 5 nitrogen and oxygen atoms in total. The van der Waals surface area contributed by atoms with E-state index in [4.69, 9.17) is 9.84 Å². The van der Waals surface area contributed by atoms with E-state index in [1.165, 1.54) is 12.1 Å². The SMILES string of the molecule is CC(C)CC(NC(=O)c1cc(COc2ccccc2)ccc1CCC(=O)O)c1c(F)c(F)c(F)c(F)c1F. The number of rotatable bonds is 11. The maximum Gasteiger partial charge on any atom is 0.303 e. The largest absolute Gasteiger partial charge is 0.489 e. The number of benzene rings is 3. The minimum absolute atomic E-state index is 0.00182. The van der Waals surface area contributed by atoms with Gasteiger partial charge in [0.2, 0.25) is 5.82 Å². The lowest BCUT2D eigenvalue weighted by Gasteiger charge is -2.23. The molecule has 1 atom stereocenters. The van der Waals surface area contributed by atoms with Gasteiger partial charge in [-0.3, -0.25) is 9.59 Å². The highest BCUT2D eigenvalue weighted by Gasteiger charge is 2.32. The number of hydrogen-bond acceptors (Lipinski definition) is 3. The number of carbonyl (C=O) groups excluding carboxylic acids is 1. The van der Waals surface area contributed by atoms with E-state index in [1.807, 2.05) is 6.07 Å². The number of carboxylic acids is 1. The van der Waals surface area contributed by atoms with Gasteiger partial charge >= 0.3 is 5.97 Å². The second-order valence-electron chi connectivity index (χ2n) is 9.13. The van der Waals surface area contributed by atoms with Crippen LogP contribution in [-0.4, -0.2) is 17.0 Å². The van der Waals surface area contributed by atoms with Crippen LogP contribution in [0.3, 0.4) is 0 Å². The van der Waals surface area contributed by atoms with Crippen molar-refractivity contribution in [3.05, 3.63) is 99.9 Å². The molecule has 3 aromatic carbocycles. The molecule has 0 aliphatic rings. The van der Waals surface area contributed by atoms with Crippen molar-refractivity contribution in [2.45, 2.75) is 45.8 Å². The van der Waals surface area contributed by atoms with Crippen LogP contribution < -0.4 is 10.1 Å². The summed E-state index contributed by atoms with van der Waals surface area (Å²) in [6, 6.07) is 11.9. The number of ether oxygens (including phenoxy) is 1. The van der Waals surface area contributed by atoms with E-state index in [0.717, 1.165) is 0 Å². The summed E-state index contributed by atoms with van der Waals surface area (Å²) in [7, 11) is 0. The molecule has 202 valence electrons. The van der Waals surface area contributed by atoms with Gasteiger partial charge in [-0.05, 0) is 48.1 Å². The van der Waals surface area contributed by atoms with E-state index in [2.05, 4.69) is 5.32 Å². The van der Waals surface area contributed by atoms with E-state index < -0.39 is 52.6 Å². The summed E-state index contributed by atoms with van der Waals surface area (Å²) >= 11 is 0. The van der Waals surface area contributed by atoms with E-state index in [1.54, 1.807) is 44.2 Å². The number of carboxylic acid groups (broad SMARTS) is 1. The van der Waals surface area contributed by atoms with Crippen molar-refractivity contribution >= 4 is 11.9 Å². The molecule has 0 bridgehead atoms. The van der Waals surface area contributed by atoms with Gasteiger partial charge in [-0.2, -0.15) is 0 Å². The van der Waals surface area contributed by atoms with Crippen molar-refractivity contribution < 1.29 is 41.4 Å². The second-order valence-corrected chi connectivity index (χ2v) is 9.13. The fourth-order valence-corrected chi connectivity index (χ4v) is 3.95. The second kappa shape index (κ2) is 12.5. The topological polar surface area (TPSA) is 75.6 Å². The Labute approximate surface area is 216 Å². The van der Waals surface area contributed by atoms with Gasteiger partial charge in [-0.1, -0.05) is 44.2 Å². The Kier molecular flexibility index (Phi) is 9.44. The standard InChI is InChI=1S/C28H26F5NO4/c1-15(2)12-20(22-23(29)25(31)27(33)26(32)24(22)30)34-28(37)19-13-16(8-9-17(19)10-11-21(35)36)14-38-18-6-4-3-5-7-18/h3-9,13,15,20H,10-12,14H2,1-2H3,(H,34,37)(H,35,36). The summed E-state index contributed by atoms with van der Waals surface area (Å²) in [4.78, 5) is 24.5. The maximum atomic E-state index is 14.6. The fraction of sp³-hybridized carbons (Fsp3) is 0.286. The lowest BCUT2D eigenvalue weighted by molar-refractivity contribution is -0.136. The number of aryl methyl sites for hydroxylation is 1. The molecule has 1 amide bonds. The van der Waals surface area contributed by atoms with Gasteiger partial charge in [0.05, 0.1) is 11.6 Å². The van der Waals surface area contributed by atoms with E-state index in [-0.39, 0.29) is 37.4 Å². The highest BCUT2D eigenvalue weighted by molar-refractivity contribution is 5.96.